The lowest BCUT2D eigenvalue weighted by Crippen LogP contribution is -2.09. The molecule has 1 aromatic heterocycles. The molecule has 3 unspecified atom stereocenters. The van der Waals surface area contributed by atoms with Crippen LogP contribution in [0.3, 0.4) is 0 Å². The third-order valence-electron chi connectivity index (χ3n) is 3.49. The quantitative estimate of drug-likeness (QED) is 0.846. The van der Waals surface area contributed by atoms with Gasteiger partial charge in [0.15, 0.2) is 0 Å². The molecule has 0 aliphatic carbocycles. The van der Waals surface area contributed by atoms with Gasteiger partial charge in [0, 0.05) is 6.61 Å². The fraction of sp³-hybridized carbons (Fsp3) is 0.500. The molecule has 114 valence electrons. The maximum atomic E-state index is 10.4. The molecule has 1 N–H and O–H groups in total. The highest BCUT2D eigenvalue weighted by Gasteiger charge is 2.25. The predicted octanol–water partition coefficient (Wildman–Crippen LogP) is 3.39. The van der Waals surface area contributed by atoms with Crippen LogP contribution in [-0.4, -0.2) is 21.9 Å². The van der Waals surface area contributed by atoms with Crippen LogP contribution >= 0.6 is 0 Å². The Labute approximate surface area is 125 Å². The summed E-state index contributed by atoms with van der Waals surface area (Å²) in [6.07, 6.45) is -0.0529. The lowest BCUT2D eigenvalue weighted by Gasteiger charge is -2.15. The molecule has 0 amide bonds. The van der Waals surface area contributed by atoms with Crippen molar-refractivity contribution < 1.29 is 14.4 Å². The van der Waals surface area contributed by atoms with Gasteiger partial charge in [-0.1, -0.05) is 49.3 Å². The number of aromatic nitrogens is 2. The van der Waals surface area contributed by atoms with Crippen molar-refractivity contribution in [1.82, 2.24) is 10.1 Å². The molecule has 0 radical (unpaired) electrons. The molecular weight excluding hydrogens is 268 g/mol. The fourth-order valence-electron chi connectivity index (χ4n) is 2.21. The number of nitrogens with zero attached hydrogens (tertiary/aromatic N) is 2. The zero-order valence-corrected chi connectivity index (χ0v) is 12.7. The first kappa shape index (κ1) is 15.7. The topological polar surface area (TPSA) is 68.4 Å². The van der Waals surface area contributed by atoms with E-state index < -0.39 is 6.10 Å². The van der Waals surface area contributed by atoms with Gasteiger partial charge in [-0.2, -0.15) is 4.98 Å². The second-order valence-electron chi connectivity index (χ2n) is 4.99. The summed E-state index contributed by atoms with van der Waals surface area (Å²) >= 11 is 0. The van der Waals surface area contributed by atoms with Crippen LogP contribution in [0.5, 0.6) is 0 Å². The van der Waals surface area contributed by atoms with Crippen LogP contribution in [0.25, 0.3) is 0 Å². The number of aliphatic hydroxyl groups excluding tert-OH is 1. The summed E-state index contributed by atoms with van der Waals surface area (Å²) in [6.45, 7) is 6.42. The number of rotatable bonds is 7. The van der Waals surface area contributed by atoms with E-state index in [4.69, 9.17) is 9.26 Å². The molecule has 2 aromatic rings. The highest BCUT2D eigenvalue weighted by molar-refractivity contribution is 5.20. The van der Waals surface area contributed by atoms with Crippen LogP contribution in [0.2, 0.25) is 0 Å². The molecule has 3 atom stereocenters. The van der Waals surface area contributed by atoms with Crippen LogP contribution in [0.1, 0.15) is 62.6 Å². The Morgan fingerprint density at radius 1 is 1.24 bits per heavy atom. The minimum atomic E-state index is -0.674. The summed E-state index contributed by atoms with van der Waals surface area (Å²) in [5, 5.41) is 14.4. The second kappa shape index (κ2) is 7.33. The standard InChI is InChI=1S/C16H22N2O3/c1-4-13(20-5-2)15-17-16(21-18-15)11(3)14(19)12-9-7-6-8-10-12/h6-11,13-14,19H,4-5H2,1-3H3. The molecule has 2 rings (SSSR count). The maximum Gasteiger partial charge on any atom is 0.232 e. The van der Waals surface area contributed by atoms with Gasteiger partial charge >= 0.3 is 0 Å². The van der Waals surface area contributed by atoms with Gasteiger partial charge < -0.3 is 14.4 Å². The van der Waals surface area contributed by atoms with E-state index in [1.54, 1.807) is 0 Å². The number of ether oxygens (including phenoxy) is 1. The zero-order chi connectivity index (χ0) is 15.2. The van der Waals surface area contributed by atoms with Crippen LogP contribution < -0.4 is 0 Å². The summed E-state index contributed by atoms with van der Waals surface area (Å²) in [6, 6.07) is 9.47. The second-order valence-corrected chi connectivity index (χ2v) is 4.99. The third-order valence-corrected chi connectivity index (χ3v) is 3.49. The van der Waals surface area contributed by atoms with Crippen molar-refractivity contribution >= 4 is 0 Å². The number of benzene rings is 1. The zero-order valence-electron chi connectivity index (χ0n) is 12.7. The maximum absolute atomic E-state index is 10.4. The van der Waals surface area contributed by atoms with Crippen molar-refractivity contribution in [3.63, 3.8) is 0 Å². The number of aliphatic hydroxyl groups is 1. The molecular formula is C16H22N2O3. The summed E-state index contributed by atoms with van der Waals surface area (Å²) in [5.41, 5.74) is 0.835. The van der Waals surface area contributed by atoms with Gasteiger partial charge in [0.2, 0.25) is 11.7 Å². The Morgan fingerprint density at radius 2 is 1.95 bits per heavy atom. The summed E-state index contributed by atoms with van der Waals surface area (Å²) < 4.78 is 10.9. The van der Waals surface area contributed by atoms with E-state index in [0.29, 0.717) is 18.3 Å². The average molecular weight is 290 g/mol. The highest BCUT2D eigenvalue weighted by atomic mass is 16.5. The van der Waals surface area contributed by atoms with Crippen LogP contribution in [-0.2, 0) is 4.74 Å². The Hall–Kier alpha value is -1.72. The lowest BCUT2D eigenvalue weighted by molar-refractivity contribution is 0.0518. The third kappa shape index (κ3) is 3.68. The molecule has 0 spiro atoms. The number of hydrogen-bond acceptors (Lipinski definition) is 5. The minimum Gasteiger partial charge on any atom is -0.388 e. The molecule has 0 aliphatic rings. The van der Waals surface area contributed by atoms with Gasteiger partial charge in [-0.15, -0.1) is 0 Å². The largest absolute Gasteiger partial charge is 0.388 e. The van der Waals surface area contributed by atoms with Gasteiger partial charge in [0.1, 0.15) is 6.10 Å². The van der Waals surface area contributed by atoms with Crippen molar-refractivity contribution in [3.8, 4) is 0 Å². The van der Waals surface area contributed by atoms with Crippen molar-refractivity contribution in [2.45, 2.75) is 45.3 Å². The minimum absolute atomic E-state index is 0.159. The summed E-state index contributed by atoms with van der Waals surface area (Å²) in [4.78, 5) is 4.38. The molecule has 1 heterocycles. The molecule has 5 nitrogen and oxygen atoms in total. The highest BCUT2D eigenvalue weighted by Crippen LogP contribution is 2.30. The summed E-state index contributed by atoms with van der Waals surface area (Å²) in [7, 11) is 0. The van der Waals surface area contributed by atoms with Crippen molar-refractivity contribution in [2.24, 2.45) is 0 Å². The van der Waals surface area contributed by atoms with E-state index in [2.05, 4.69) is 10.1 Å². The average Bonchev–Trinajstić information content (AvgIpc) is 3.01. The van der Waals surface area contributed by atoms with Gasteiger partial charge in [-0.3, -0.25) is 0 Å². The molecule has 1 aromatic carbocycles. The van der Waals surface area contributed by atoms with Gasteiger partial charge in [-0.05, 0) is 18.9 Å². The molecule has 5 heteroatoms. The van der Waals surface area contributed by atoms with Gasteiger partial charge in [0.25, 0.3) is 0 Å². The van der Waals surface area contributed by atoms with Crippen molar-refractivity contribution in [3.05, 3.63) is 47.6 Å². The number of hydrogen-bond donors (Lipinski definition) is 1. The van der Waals surface area contributed by atoms with E-state index >= 15 is 0 Å². The molecule has 0 bridgehead atoms. The monoisotopic (exact) mass is 290 g/mol. The van der Waals surface area contributed by atoms with E-state index in [1.165, 1.54) is 0 Å². The van der Waals surface area contributed by atoms with Crippen molar-refractivity contribution in [2.75, 3.05) is 6.61 Å². The summed E-state index contributed by atoms with van der Waals surface area (Å²) in [5.74, 6) is 0.703. The fourth-order valence-corrected chi connectivity index (χ4v) is 2.21. The normalized spacial score (nSPS) is 15.6. The Morgan fingerprint density at radius 3 is 2.57 bits per heavy atom. The Kier molecular flexibility index (Phi) is 5.47. The van der Waals surface area contributed by atoms with E-state index in [0.717, 1.165) is 12.0 Å². The molecule has 0 saturated heterocycles. The molecule has 0 aliphatic heterocycles. The smallest absolute Gasteiger partial charge is 0.232 e. The first-order valence-corrected chi connectivity index (χ1v) is 7.35. The van der Waals surface area contributed by atoms with Crippen LogP contribution in [0.15, 0.2) is 34.9 Å². The van der Waals surface area contributed by atoms with Gasteiger partial charge in [-0.25, -0.2) is 0 Å². The first-order valence-electron chi connectivity index (χ1n) is 7.35. The molecule has 21 heavy (non-hydrogen) atoms. The SMILES string of the molecule is CCOC(CC)c1noc(C(C)C(O)c2ccccc2)n1. The van der Waals surface area contributed by atoms with E-state index in [9.17, 15) is 5.11 Å². The van der Waals surface area contributed by atoms with E-state index in [1.807, 2.05) is 51.1 Å². The Balaban J connectivity index is 2.13. The predicted molar refractivity (Wildman–Crippen MR) is 78.8 cm³/mol. The van der Waals surface area contributed by atoms with Crippen LogP contribution in [0, 0.1) is 0 Å². The van der Waals surface area contributed by atoms with Crippen molar-refractivity contribution in [1.29, 1.82) is 0 Å². The molecule has 0 saturated carbocycles. The Bertz CT molecular complexity index is 541. The molecule has 0 fully saturated rings. The lowest BCUT2D eigenvalue weighted by atomic mass is 9.97. The van der Waals surface area contributed by atoms with E-state index in [-0.39, 0.29) is 12.0 Å². The van der Waals surface area contributed by atoms with Crippen LogP contribution in [0.4, 0.5) is 0 Å². The first-order chi connectivity index (χ1) is 10.2. The van der Waals surface area contributed by atoms with Gasteiger partial charge in [0.05, 0.1) is 12.0 Å².